The van der Waals surface area contributed by atoms with E-state index >= 15 is 0 Å². The van der Waals surface area contributed by atoms with Gasteiger partial charge in [-0.25, -0.2) is 9.97 Å². The molecule has 144 valence electrons. The van der Waals surface area contributed by atoms with Crippen LogP contribution >= 0.6 is 0 Å². The van der Waals surface area contributed by atoms with E-state index in [2.05, 4.69) is 40.2 Å². The largest absolute Gasteiger partial charge is 0.339 e. The molecule has 1 saturated heterocycles. The number of hydrogen-bond donors (Lipinski definition) is 0. The van der Waals surface area contributed by atoms with E-state index in [0.717, 1.165) is 31.0 Å². The number of hydrogen-bond acceptors (Lipinski definition) is 4. The molecule has 5 nitrogen and oxygen atoms in total. The van der Waals surface area contributed by atoms with Crippen molar-refractivity contribution in [3.63, 3.8) is 0 Å². The molecule has 1 amide bonds. The molecule has 1 aromatic carbocycles. The Morgan fingerprint density at radius 1 is 1.19 bits per heavy atom. The minimum atomic E-state index is 0.0221. The second kappa shape index (κ2) is 9.09. The molecule has 3 rings (SSSR count). The number of carbonyl (C=O) groups is 1. The number of rotatable bonds is 6. The third-order valence-corrected chi connectivity index (χ3v) is 5.42. The summed E-state index contributed by atoms with van der Waals surface area (Å²) in [6.07, 6.45) is 5.20. The Bertz CT molecular complexity index is 758. The highest BCUT2D eigenvalue weighted by Crippen LogP contribution is 2.30. The first-order chi connectivity index (χ1) is 13.1. The van der Waals surface area contributed by atoms with Crippen LogP contribution in [0.2, 0.25) is 0 Å². The zero-order chi connectivity index (χ0) is 19.2. The molecule has 27 heavy (non-hydrogen) atoms. The monoisotopic (exact) mass is 366 g/mol. The average Bonchev–Trinajstić information content (AvgIpc) is 2.70. The Morgan fingerprint density at radius 3 is 2.59 bits per heavy atom. The van der Waals surface area contributed by atoms with Crippen molar-refractivity contribution < 1.29 is 4.79 Å². The molecular formula is C22H30N4O. The number of amides is 1. The van der Waals surface area contributed by atoms with Gasteiger partial charge in [0.25, 0.3) is 5.91 Å². The van der Waals surface area contributed by atoms with Crippen molar-refractivity contribution in [2.24, 2.45) is 0 Å². The van der Waals surface area contributed by atoms with Gasteiger partial charge in [-0.3, -0.25) is 9.69 Å². The maximum Gasteiger partial charge on any atom is 0.257 e. The van der Waals surface area contributed by atoms with Gasteiger partial charge in [0.05, 0.1) is 17.3 Å². The highest BCUT2D eigenvalue weighted by Gasteiger charge is 2.27. The number of carbonyl (C=O) groups excluding carboxylic acids is 1. The molecule has 1 aromatic heterocycles. The van der Waals surface area contributed by atoms with Crippen LogP contribution in [-0.4, -0.2) is 45.3 Å². The first-order valence-electron chi connectivity index (χ1n) is 10.0. The Kier molecular flexibility index (Phi) is 6.56. The zero-order valence-electron chi connectivity index (χ0n) is 16.7. The van der Waals surface area contributed by atoms with Crippen LogP contribution in [0, 0.1) is 6.92 Å². The second-order valence-corrected chi connectivity index (χ2v) is 7.17. The highest BCUT2D eigenvalue weighted by molar-refractivity contribution is 5.94. The van der Waals surface area contributed by atoms with Crippen molar-refractivity contribution >= 4 is 5.91 Å². The molecule has 0 spiro atoms. The molecule has 0 unspecified atom stereocenters. The van der Waals surface area contributed by atoms with Crippen LogP contribution in [-0.2, 0) is 6.54 Å². The number of benzene rings is 1. The minimum absolute atomic E-state index is 0.0221. The fourth-order valence-corrected chi connectivity index (χ4v) is 3.83. The van der Waals surface area contributed by atoms with Gasteiger partial charge in [0.1, 0.15) is 5.82 Å². The third-order valence-electron chi connectivity index (χ3n) is 5.42. The maximum absolute atomic E-state index is 12.7. The number of nitrogens with zero attached hydrogens (tertiary/aromatic N) is 4. The number of likely N-dealkylation sites (tertiary alicyclic amines) is 1. The van der Waals surface area contributed by atoms with E-state index in [4.69, 9.17) is 4.98 Å². The average molecular weight is 367 g/mol. The van der Waals surface area contributed by atoms with E-state index in [-0.39, 0.29) is 11.9 Å². The topological polar surface area (TPSA) is 49.3 Å². The summed E-state index contributed by atoms with van der Waals surface area (Å²) >= 11 is 0. The van der Waals surface area contributed by atoms with Gasteiger partial charge in [-0.2, -0.15) is 0 Å². The number of aryl methyl sites for hydroxylation is 1. The van der Waals surface area contributed by atoms with Gasteiger partial charge in [-0.1, -0.05) is 36.8 Å². The van der Waals surface area contributed by atoms with Crippen molar-refractivity contribution in [1.29, 1.82) is 0 Å². The van der Waals surface area contributed by atoms with Crippen molar-refractivity contribution in [2.75, 3.05) is 19.6 Å². The van der Waals surface area contributed by atoms with Crippen molar-refractivity contribution in [3.8, 4) is 0 Å². The van der Waals surface area contributed by atoms with Gasteiger partial charge < -0.3 is 4.90 Å². The Morgan fingerprint density at radius 2 is 1.93 bits per heavy atom. The van der Waals surface area contributed by atoms with Crippen LogP contribution in [0.15, 0.2) is 36.5 Å². The zero-order valence-corrected chi connectivity index (χ0v) is 16.7. The van der Waals surface area contributed by atoms with Gasteiger partial charge in [-0.05, 0) is 45.7 Å². The van der Waals surface area contributed by atoms with E-state index in [1.54, 1.807) is 6.20 Å². The van der Waals surface area contributed by atoms with Crippen molar-refractivity contribution in [1.82, 2.24) is 19.8 Å². The van der Waals surface area contributed by atoms with Crippen LogP contribution in [0.25, 0.3) is 0 Å². The fraction of sp³-hybridized carbons (Fsp3) is 0.500. The van der Waals surface area contributed by atoms with Gasteiger partial charge >= 0.3 is 0 Å². The lowest BCUT2D eigenvalue weighted by atomic mass is 10.00. The summed E-state index contributed by atoms with van der Waals surface area (Å²) in [5.41, 5.74) is 2.71. The molecule has 1 fully saturated rings. The molecule has 0 radical (unpaired) electrons. The number of piperidine rings is 1. The molecule has 0 aliphatic carbocycles. The Labute approximate surface area is 162 Å². The van der Waals surface area contributed by atoms with Crippen LogP contribution < -0.4 is 0 Å². The van der Waals surface area contributed by atoms with E-state index in [9.17, 15) is 4.79 Å². The maximum atomic E-state index is 12.7. The molecule has 0 bridgehead atoms. The highest BCUT2D eigenvalue weighted by atomic mass is 16.2. The molecule has 0 N–H and O–H groups in total. The van der Waals surface area contributed by atoms with Gasteiger partial charge in [0.15, 0.2) is 0 Å². The Hall–Kier alpha value is -2.27. The summed E-state index contributed by atoms with van der Waals surface area (Å²) in [6.45, 7) is 9.28. The Balaban J connectivity index is 1.81. The molecular weight excluding hydrogens is 336 g/mol. The van der Waals surface area contributed by atoms with Gasteiger partial charge in [-0.15, -0.1) is 0 Å². The summed E-state index contributed by atoms with van der Waals surface area (Å²) < 4.78 is 0. The smallest absolute Gasteiger partial charge is 0.257 e. The summed E-state index contributed by atoms with van der Waals surface area (Å²) in [5.74, 6) is 0.869. The SMILES string of the molecule is CCN(CC)C(=O)c1cnc([C@H]2CCCCN2Cc2ccccc2)nc1C. The number of aromatic nitrogens is 2. The molecule has 1 aliphatic heterocycles. The van der Waals surface area contributed by atoms with E-state index < -0.39 is 0 Å². The van der Waals surface area contributed by atoms with Crippen LogP contribution in [0.4, 0.5) is 0 Å². The van der Waals surface area contributed by atoms with E-state index in [0.29, 0.717) is 18.7 Å². The lowest BCUT2D eigenvalue weighted by Gasteiger charge is -2.35. The molecule has 2 heterocycles. The van der Waals surface area contributed by atoms with E-state index in [1.807, 2.05) is 25.7 Å². The summed E-state index contributed by atoms with van der Waals surface area (Å²) in [6, 6.07) is 10.8. The van der Waals surface area contributed by atoms with Gasteiger partial charge in [0.2, 0.25) is 0 Å². The quantitative estimate of drug-likeness (QED) is 0.775. The first-order valence-corrected chi connectivity index (χ1v) is 10.0. The van der Waals surface area contributed by atoms with Gasteiger partial charge in [0, 0.05) is 25.8 Å². The van der Waals surface area contributed by atoms with Crippen LogP contribution in [0.5, 0.6) is 0 Å². The van der Waals surface area contributed by atoms with Crippen molar-refractivity contribution in [3.05, 3.63) is 59.2 Å². The van der Waals surface area contributed by atoms with Crippen molar-refractivity contribution in [2.45, 2.75) is 52.6 Å². The summed E-state index contributed by atoms with van der Waals surface area (Å²) in [5, 5.41) is 0. The third kappa shape index (κ3) is 4.53. The predicted octanol–water partition coefficient (Wildman–Crippen LogP) is 3.99. The standard InChI is InChI=1S/C22H30N4O/c1-4-25(5-2)22(27)19-15-23-21(24-17(19)3)20-13-9-10-14-26(20)16-18-11-7-6-8-12-18/h6-8,11-12,15,20H,4-5,9-10,13-14,16H2,1-3H3/t20-/m1/s1. The summed E-state index contributed by atoms with van der Waals surface area (Å²) in [7, 11) is 0. The second-order valence-electron chi connectivity index (χ2n) is 7.17. The summed E-state index contributed by atoms with van der Waals surface area (Å²) in [4.78, 5) is 26.3. The molecule has 0 saturated carbocycles. The lowest BCUT2D eigenvalue weighted by molar-refractivity contribution is 0.0770. The molecule has 1 atom stereocenters. The fourth-order valence-electron chi connectivity index (χ4n) is 3.83. The van der Waals surface area contributed by atoms with Crippen LogP contribution in [0.3, 0.4) is 0 Å². The normalized spacial score (nSPS) is 17.7. The molecule has 2 aromatic rings. The van der Waals surface area contributed by atoms with E-state index in [1.165, 1.54) is 18.4 Å². The molecule has 5 heteroatoms. The molecule has 1 aliphatic rings. The van der Waals surface area contributed by atoms with Crippen LogP contribution in [0.1, 0.15) is 66.6 Å². The minimum Gasteiger partial charge on any atom is -0.339 e. The lowest BCUT2D eigenvalue weighted by Crippen LogP contribution is -2.35. The first kappa shape index (κ1) is 19.5. The predicted molar refractivity (Wildman–Crippen MR) is 107 cm³/mol.